The maximum Gasteiger partial charge on any atom is 0.341 e. The largest absolute Gasteiger partial charge is 0.481 e. The summed E-state index contributed by atoms with van der Waals surface area (Å²) >= 11 is 0. The van der Waals surface area contributed by atoms with E-state index in [4.69, 9.17) is 15.2 Å². The van der Waals surface area contributed by atoms with E-state index in [0.29, 0.717) is 12.0 Å². The van der Waals surface area contributed by atoms with Crippen LogP contribution in [0.15, 0.2) is 30.3 Å². The topological polar surface area (TPSA) is 116 Å². The first-order valence-electron chi connectivity index (χ1n) is 8.17. The molecule has 0 radical (unpaired) electrons. The van der Waals surface area contributed by atoms with Crippen LogP contribution in [0.4, 0.5) is 0 Å². The number of hydrogen-bond donors (Lipinski definition) is 2. The second kappa shape index (κ2) is 9.78. The van der Waals surface area contributed by atoms with Crippen LogP contribution >= 0.6 is 0 Å². The first kappa shape index (κ1) is 20.6. The molecule has 1 rings (SSSR count). The summed E-state index contributed by atoms with van der Waals surface area (Å²) in [6.45, 7) is 5.27. The maximum atomic E-state index is 12.1. The van der Waals surface area contributed by atoms with E-state index in [1.807, 2.05) is 13.8 Å². The van der Waals surface area contributed by atoms with E-state index in [9.17, 15) is 19.5 Å². The predicted molar refractivity (Wildman–Crippen MR) is 90.6 cm³/mol. The van der Waals surface area contributed by atoms with Crippen molar-refractivity contribution in [3.05, 3.63) is 35.9 Å². The average molecular weight is 351 g/mol. The van der Waals surface area contributed by atoms with Crippen molar-refractivity contribution in [3.8, 4) is 0 Å². The Hall–Kier alpha value is -2.41. The third-order valence-electron chi connectivity index (χ3n) is 3.64. The smallest absolute Gasteiger partial charge is 0.341 e. The van der Waals surface area contributed by atoms with Crippen molar-refractivity contribution in [2.75, 3.05) is 0 Å². The molecule has 0 amide bonds. The highest BCUT2D eigenvalue weighted by molar-refractivity contribution is 5.89. The lowest BCUT2D eigenvalue weighted by Gasteiger charge is -2.21. The summed E-state index contributed by atoms with van der Waals surface area (Å²) in [5.41, 5.74) is 6.06. The third-order valence-corrected chi connectivity index (χ3v) is 3.64. The molecular formula is C18H25NO6. The monoisotopic (exact) mass is 351 g/mol. The number of ether oxygens (including phenoxy) is 2. The molecule has 0 fully saturated rings. The fraction of sp³-hybridized carbons (Fsp3) is 0.500. The molecule has 3 N–H and O–H groups in total. The highest BCUT2D eigenvalue weighted by atomic mass is 16.7. The predicted octanol–water partition coefficient (Wildman–Crippen LogP) is 2.20. The zero-order valence-electron chi connectivity index (χ0n) is 14.7. The molecule has 0 aliphatic heterocycles. The van der Waals surface area contributed by atoms with Crippen LogP contribution in [-0.4, -0.2) is 35.3 Å². The fourth-order valence-corrected chi connectivity index (χ4v) is 2.19. The van der Waals surface area contributed by atoms with E-state index in [2.05, 4.69) is 0 Å². The van der Waals surface area contributed by atoms with Gasteiger partial charge in [0, 0.05) is 6.92 Å². The Labute approximate surface area is 147 Å². The van der Waals surface area contributed by atoms with Gasteiger partial charge in [-0.2, -0.15) is 0 Å². The summed E-state index contributed by atoms with van der Waals surface area (Å²) in [6, 6.07) is 6.91. The van der Waals surface area contributed by atoms with Crippen molar-refractivity contribution < 1.29 is 29.0 Å². The minimum absolute atomic E-state index is 0.265. The lowest BCUT2D eigenvalue weighted by molar-refractivity contribution is -0.171. The number of aliphatic carboxylic acids is 1. The van der Waals surface area contributed by atoms with Gasteiger partial charge >= 0.3 is 17.9 Å². The van der Waals surface area contributed by atoms with Gasteiger partial charge in [0.05, 0.1) is 11.5 Å². The van der Waals surface area contributed by atoms with Crippen molar-refractivity contribution in [2.45, 2.75) is 45.9 Å². The van der Waals surface area contributed by atoms with Gasteiger partial charge in [0.15, 0.2) is 0 Å². The second-order valence-electron chi connectivity index (χ2n) is 6.22. The summed E-state index contributed by atoms with van der Waals surface area (Å²) in [5, 5.41) is 9.26. The van der Waals surface area contributed by atoms with Gasteiger partial charge in [0.1, 0.15) is 6.04 Å². The fourth-order valence-electron chi connectivity index (χ4n) is 2.19. The van der Waals surface area contributed by atoms with Gasteiger partial charge in [-0.15, -0.1) is 0 Å². The quantitative estimate of drug-likeness (QED) is 0.517. The van der Waals surface area contributed by atoms with Crippen molar-refractivity contribution in [1.82, 2.24) is 0 Å². The molecule has 0 saturated carbocycles. The molecular weight excluding hydrogens is 326 g/mol. The van der Waals surface area contributed by atoms with Gasteiger partial charge < -0.3 is 20.3 Å². The molecule has 0 aliphatic carbocycles. The number of carbonyl (C=O) groups is 3. The number of hydrogen-bond acceptors (Lipinski definition) is 6. The molecule has 0 aliphatic rings. The van der Waals surface area contributed by atoms with Gasteiger partial charge in [-0.25, -0.2) is 4.79 Å². The molecule has 138 valence electrons. The number of carbonyl (C=O) groups excluding carboxylic acids is 2. The van der Waals surface area contributed by atoms with Crippen molar-refractivity contribution >= 4 is 17.9 Å². The number of carboxylic acid groups (broad SMARTS) is 1. The van der Waals surface area contributed by atoms with E-state index in [0.717, 1.165) is 0 Å². The summed E-state index contributed by atoms with van der Waals surface area (Å²) in [4.78, 5) is 35.3. The van der Waals surface area contributed by atoms with Crippen LogP contribution in [0, 0.1) is 11.8 Å². The van der Waals surface area contributed by atoms with E-state index in [1.165, 1.54) is 6.92 Å². The lowest BCUT2D eigenvalue weighted by atomic mass is 9.92. The highest BCUT2D eigenvalue weighted by Gasteiger charge is 2.33. The molecule has 1 aromatic rings. The molecule has 7 nitrogen and oxygen atoms in total. The molecule has 3 unspecified atom stereocenters. The van der Waals surface area contributed by atoms with Crippen LogP contribution in [0.2, 0.25) is 0 Å². The Balaban J connectivity index is 2.60. The van der Waals surface area contributed by atoms with Crippen molar-refractivity contribution in [2.24, 2.45) is 17.6 Å². The number of carboxylic acids is 1. The minimum atomic E-state index is -1.32. The average Bonchev–Trinajstić information content (AvgIpc) is 2.54. The molecule has 0 heterocycles. The van der Waals surface area contributed by atoms with Gasteiger partial charge in [-0.1, -0.05) is 38.5 Å². The highest BCUT2D eigenvalue weighted by Crippen LogP contribution is 2.17. The second-order valence-corrected chi connectivity index (χ2v) is 6.22. The number of benzene rings is 1. The lowest BCUT2D eigenvalue weighted by Crippen LogP contribution is -2.44. The molecule has 25 heavy (non-hydrogen) atoms. The van der Waals surface area contributed by atoms with Crippen LogP contribution in [0.5, 0.6) is 0 Å². The molecule has 0 aromatic heterocycles. The molecule has 3 atom stereocenters. The van der Waals surface area contributed by atoms with Gasteiger partial charge in [0.25, 0.3) is 0 Å². The van der Waals surface area contributed by atoms with Crippen LogP contribution in [0.25, 0.3) is 0 Å². The molecule has 1 aromatic carbocycles. The van der Waals surface area contributed by atoms with E-state index < -0.39 is 36.2 Å². The van der Waals surface area contributed by atoms with Gasteiger partial charge in [-0.3, -0.25) is 9.59 Å². The van der Waals surface area contributed by atoms with Gasteiger partial charge in [-0.05, 0) is 24.5 Å². The number of esters is 2. The van der Waals surface area contributed by atoms with Crippen molar-refractivity contribution in [3.63, 3.8) is 0 Å². The molecule has 7 heteroatoms. The maximum absolute atomic E-state index is 12.1. The van der Waals surface area contributed by atoms with Crippen LogP contribution in [0.3, 0.4) is 0 Å². The third kappa shape index (κ3) is 6.93. The summed E-state index contributed by atoms with van der Waals surface area (Å²) in [7, 11) is 0. The van der Waals surface area contributed by atoms with Crippen molar-refractivity contribution in [1.29, 1.82) is 0 Å². The number of rotatable bonds is 9. The van der Waals surface area contributed by atoms with E-state index in [-0.39, 0.29) is 12.3 Å². The van der Waals surface area contributed by atoms with E-state index >= 15 is 0 Å². The van der Waals surface area contributed by atoms with Crippen LogP contribution in [0.1, 0.15) is 44.0 Å². The first-order valence-corrected chi connectivity index (χ1v) is 8.17. The molecule has 0 spiro atoms. The van der Waals surface area contributed by atoms with Gasteiger partial charge in [0.2, 0.25) is 6.29 Å². The normalized spacial score (nSPS) is 14.4. The summed E-state index contributed by atoms with van der Waals surface area (Å²) in [5.74, 6) is -3.48. The zero-order chi connectivity index (χ0) is 19.0. The summed E-state index contributed by atoms with van der Waals surface area (Å²) < 4.78 is 9.98. The standard InChI is InChI=1S/C18H25NO6/c1-11(2)9-10-14(16(20)21)15(19)18(23)25-12(3)24-17(22)13-7-5-4-6-8-13/h4-8,11-12,14-15H,9-10,19H2,1-3H3,(H,20,21). The zero-order valence-corrected chi connectivity index (χ0v) is 14.7. The minimum Gasteiger partial charge on any atom is -0.481 e. The van der Waals surface area contributed by atoms with Crippen LogP contribution in [-0.2, 0) is 19.1 Å². The number of nitrogens with two attached hydrogens (primary N) is 1. The Morgan fingerprint density at radius 1 is 1.04 bits per heavy atom. The van der Waals surface area contributed by atoms with Crippen LogP contribution < -0.4 is 5.73 Å². The summed E-state index contributed by atoms with van der Waals surface area (Å²) in [6.07, 6.45) is -0.288. The Morgan fingerprint density at radius 2 is 1.64 bits per heavy atom. The SMILES string of the molecule is CC(C)CCC(C(=O)O)C(N)C(=O)OC(C)OC(=O)c1ccccc1. The molecule has 0 bridgehead atoms. The first-order chi connectivity index (χ1) is 11.7. The Bertz CT molecular complexity index is 586. The van der Waals surface area contributed by atoms with E-state index in [1.54, 1.807) is 30.3 Å². The molecule has 0 saturated heterocycles. The Kier molecular flexibility index (Phi) is 8.07. The Morgan fingerprint density at radius 3 is 2.16 bits per heavy atom.